The van der Waals surface area contributed by atoms with E-state index in [2.05, 4.69) is 10.3 Å². The van der Waals surface area contributed by atoms with Gasteiger partial charge in [-0.1, -0.05) is 12.8 Å². The highest BCUT2D eigenvalue weighted by molar-refractivity contribution is 5.94. The Labute approximate surface area is 169 Å². The van der Waals surface area contributed by atoms with E-state index in [0.29, 0.717) is 23.6 Å². The third-order valence-electron chi connectivity index (χ3n) is 5.65. The molecule has 2 amide bonds. The van der Waals surface area contributed by atoms with Crippen LogP contribution in [0.25, 0.3) is 5.65 Å². The Morgan fingerprint density at radius 3 is 2.79 bits per heavy atom. The summed E-state index contributed by atoms with van der Waals surface area (Å²) in [4.78, 5) is 30.7. The summed E-state index contributed by atoms with van der Waals surface area (Å²) in [6.45, 7) is 2.29. The number of carbonyl (C=O) groups excluding carboxylic acids is 2. The summed E-state index contributed by atoms with van der Waals surface area (Å²) < 4.78 is 6.85. The second kappa shape index (κ2) is 8.94. The molecule has 1 aliphatic rings. The van der Waals surface area contributed by atoms with Gasteiger partial charge in [0.25, 0.3) is 11.8 Å². The maximum Gasteiger partial charge on any atom is 0.257 e. The number of unbranched alkanes of at least 4 members (excludes halogenated alkanes) is 1. The van der Waals surface area contributed by atoms with E-state index in [-0.39, 0.29) is 11.8 Å². The number of piperidine rings is 1. The summed E-state index contributed by atoms with van der Waals surface area (Å²) in [5, 5.41) is 3.00. The molecule has 152 valence electrons. The topological polar surface area (TPSA) is 79.8 Å². The third-order valence-corrected chi connectivity index (χ3v) is 5.65. The van der Waals surface area contributed by atoms with Crippen molar-refractivity contribution in [2.24, 2.45) is 5.92 Å². The highest BCUT2D eigenvalue weighted by atomic mass is 16.3. The number of likely N-dealkylation sites (tertiary alicyclic amines) is 1. The number of nitrogens with zero attached hydrogens (tertiary/aromatic N) is 3. The van der Waals surface area contributed by atoms with Gasteiger partial charge in [-0.25, -0.2) is 4.98 Å². The second-order valence-electron chi connectivity index (χ2n) is 7.61. The number of aromatic nitrogens is 2. The molecule has 7 heteroatoms. The van der Waals surface area contributed by atoms with Gasteiger partial charge in [-0.05, 0) is 43.4 Å². The van der Waals surface area contributed by atoms with Crippen LogP contribution in [0.3, 0.4) is 0 Å². The van der Waals surface area contributed by atoms with E-state index >= 15 is 0 Å². The van der Waals surface area contributed by atoms with Gasteiger partial charge in [-0.3, -0.25) is 9.59 Å². The standard InChI is InChI=1S/C22H26N4O3/c27-21(18-4-5-20-23-10-13-26(20)15-18)24-9-2-1-3-17-6-11-25(12-7-17)22(28)19-8-14-29-16-19/h4-5,8,10,13-17H,1-3,6-7,9,11-12H2,(H,24,27). The van der Waals surface area contributed by atoms with Gasteiger partial charge in [0, 0.05) is 38.2 Å². The fourth-order valence-corrected chi connectivity index (χ4v) is 3.91. The summed E-state index contributed by atoms with van der Waals surface area (Å²) in [5.74, 6) is 0.670. The SMILES string of the molecule is O=C(NCCCCC1CCN(C(=O)c2ccoc2)CC1)c1ccc2nccn2c1. The van der Waals surface area contributed by atoms with Crippen LogP contribution in [-0.2, 0) is 0 Å². The van der Waals surface area contributed by atoms with Crippen LogP contribution in [0, 0.1) is 5.92 Å². The molecule has 3 aromatic rings. The predicted octanol–water partition coefficient (Wildman–Crippen LogP) is 3.38. The largest absolute Gasteiger partial charge is 0.472 e. The molecule has 0 radical (unpaired) electrons. The van der Waals surface area contributed by atoms with Gasteiger partial charge in [0.05, 0.1) is 17.4 Å². The number of hydrogen-bond donors (Lipinski definition) is 1. The zero-order chi connectivity index (χ0) is 20.1. The van der Waals surface area contributed by atoms with Crippen LogP contribution in [0.1, 0.15) is 52.8 Å². The Hall–Kier alpha value is -3.09. The van der Waals surface area contributed by atoms with Gasteiger partial charge in [-0.2, -0.15) is 0 Å². The van der Waals surface area contributed by atoms with Crippen LogP contribution in [0.5, 0.6) is 0 Å². The lowest BCUT2D eigenvalue weighted by Gasteiger charge is -2.31. The van der Waals surface area contributed by atoms with Crippen LogP contribution in [0.15, 0.2) is 53.7 Å². The lowest BCUT2D eigenvalue weighted by molar-refractivity contribution is 0.0685. The second-order valence-corrected chi connectivity index (χ2v) is 7.61. The van der Waals surface area contributed by atoms with Crippen LogP contribution < -0.4 is 5.32 Å². The first-order valence-electron chi connectivity index (χ1n) is 10.2. The summed E-state index contributed by atoms with van der Waals surface area (Å²) in [6.07, 6.45) is 13.7. The molecule has 0 spiro atoms. The molecule has 0 bridgehead atoms. The van der Waals surface area contributed by atoms with Gasteiger partial charge in [0.1, 0.15) is 11.9 Å². The molecule has 4 heterocycles. The maximum atomic E-state index is 12.3. The lowest BCUT2D eigenvalue weighted by Crippen LogP contribution is -2.38. The molecule has 1 aliphatic heterocycles. The predicted molar refractivity (Wildman–Crippen MR) is 109 cm³/mol. The van der Waals surface area contributed by atoms with Crippen molar-refractivity contribution in [1.82, 2.24) is 19.6 Å². The Kier molecular flexibility index (Phi) is 5.93. The quantitative estimate of drug-likeness (QED) is 0.623. The van der Waals surface area contributed by atoms with E-state index in [1.165, 1.54) is 12.5 Å². The van der Waals surface area contributed by atoms with Crippen molar-refractivity contribution in [3.05, 3.63) is 60.4 Å². The first-order valence-corrected chi connectivity index (χ1v) is 10.2. The molecular weight excluding hydrogens is 368 g/mol. The monoisotopic (exact) mass is 394 g/mol. The van der Waals surface area contributed by atoms with Crippen molar-refractivity contribution in [1.29, 1.82) is 0 Å². The first kappa shape index (κ1) is 19.2. The Bertz CT molecular complexity index is 956. The average molecular weight is 394 g/mol. The fourth-order valence-electron chi connectivity index (χ4n) is 3.91. The van der Waals surface area contributed by atoms with Crippen LogP contribution in [0.2, 0.25) is 0 Å². The molecule has 29 heavy (non-hydrogen) atoms. The molecule has 1 N–H and O–H groups in total. The Morgan fingerprint density at radius 2 is 2.00 bits per heavy atom. The molecule has 0 unspecified atom stereocenters. The average Bonchev–Trinajstić information content (AvgIpc) is 3.44. The number of rotatable bonds is 7. The molecule has 4 rings (SSSR count). The summed E-state index contributed by atoms with van der Waals surface area (Å²) >= 11 is 0. The number of furan rings is 1. The van der Waals surface area contributed by atoms with Crippen molar-refractivity contribution in [2.75, 3.05) is 19.6 Å². The highest BCUT2D eigenvalue weighted by Crippen LogP contribution is 2.23. The molecular formula is C22H26N4O3. The summed E-state index contributed by atoms with van der Waals surface area (Å²) in [6, 6.07) is 5.37. The molecule has 7 nitrogen and oxygen atoms in total. The molecule has 0 saturated carbocycles. The van der Waals surface area contributed by atoms with Crippen LogP contribution >= 0.6 is 0 Å². The molecule has 3 aromatic heterocycles. The molecule has 0 aromatic carbocycles. The number of fused-ring (bicyclic) bond motifs is 1. The molecule has 1 fully saturated rings. The van der Waals surface area contributed by atoms with E-state index in [1.807, 2.05) is 21.6 Å². The van der Waals surface area contributed by atoms with Crippen molar-refractivity contribution in [3.63, 3.8) is 0 Å². The minimum absolute atomic E-state index is 0.0494. The fraction of sp³-hybridized carbons (Fsp3) is 0.409. The zero-order valence-electron chi connectivity index (χ0n) is 16.4. The van der Waals surface area contributed by atoms with E-state index in [1.54, 1.807) is 24.5 Å². The number of hydrogen-bond acceptors (Lipinski definition) is 4. The zero-order valence-corrected chi connectivity index (χ0v) is 16.4. The van der Waals surface area contributed by atoms with Crippen molar-refractivity contribution >= 4 is 17.5 Å². The van der Waals surface area contributed by atoms with Crippen molar-refractivity contribution in [2.45, 2.75) is 32.1 Å². The molecule has 1 saturated heterocycles. The smallest absolute Gasteiger partial charge is 0.257 e. The molecule has 0 atom stereocenters. The van der Waals surface area contributed by atoms with Gasteiger partial charge >= 0.3 is 0 Å². The summed E-state index contributed by atoms with van der Waals surface area (Å²) in [7, 11) is 0. The maximum absolute atomic E-state index is 12.3. The highest BCUT2D eigenvalue weighted by Gasteiger charge is 2.23. The van der Waals surface area contributed by atoms with E-state index < -0.39 is 0 Å². The number of nitrogens with one attached hydrogen (secondary N) is 1. The summed E-state index contributed by atoms with van der Waals surface area (Å²) in [5.41, 5.74) is 2.11. The number of pyridine rings is 1. The van der Waals surface area contributed by atoms with Crippen molar-refractivity contribution in [3.8, 4) is 0 Å². The van der Waals surface area contributed by atoms with Gasteiger partial charge < -0.3 is 19.0 Å². The van der Waals surface area contributed by atoms with E-state index in [4.69, 9.17) is 4.42 Å². The Balaban J connectivity index is 1.12. The first-order chi connectivity index (χ1) is 14.2. The van der Waals surface area contributed by atoms with Crippen LogP contribution in [-0.4, -0.2) is 45.7 Å². The van der Waals surface area contributed by atoms with Crippen molar-refractivity contribution < 1.29 is 14.0 Å². The Morgan fingerprint density at radius 1 is 1.14 bits per heavy atom. The minimum Gasteiger partial charge on any atom is -0.472 e. The van der Waals surface area contributed by atoms with Gasteiger partial charge in [0.2, 0.25) is 0 Å². The van der Waals surface area contributed by atoms with Crippen LogP contribution in [0.4, 0.5) is 0 Å². The minimum atomic E-state index is -0.0494. The lowest BCUT2D eigenvalue weighted by atomic mass is 9.91. The van der Waals surface area contributed by atoms with Gasteiger partial charge in [-0.15, -0.1) is 0 Å². The normalized spacial score (nSPS) is 15.0. The molecule has 0 aliphatic carbocycles. The van der Waals surface area contributed by atoms with E-state index in [0.717, 1.165) is 50.8 Å². The number of imidazole rings is 1. The number of carbonyl (C=O) groups is 2. The number of amides is 2. The van der Waals surface area contributed by atoms with E-state index in [9.17, 15) is 9.59 Å². The third kappa shape index (κ3) is 4.67. The van der Waals surface area contributed by atoms with Gasteiger partial charge in [0.15, 0.2) is 0 Å².